The van der Waals surface area contributed by atoms with Gasteiger partial charge in [-0.05, 0) is 98.3 Å². The van der Waals surface area contributed by atoms with Crippen LogP contribution in [0, 0.1) is 18.2 Å². The van der Waals surface area contributed by atoms with Crippen LogP contribution in [0.2, 0.25) is 0 Å². The lowest BCUT2D eigenvalue weighted by Gasteiger charge is -2.44. The first-order valence-corrected chi connectivity index (χ1v) is 14.5. The zero-order valence-electron chi connectivity index (χ0n) is 22.3. The van der Waals surface area contributed by atoms with Crippen molar-refractivity contribution in [3.63, 3.8) is 0 Å². The average molecular weight is 506 g/mol. The minimum atomic E-state index is -0.171. The minimum Gasteiger partial charge on any atom is -0.372 e. The summed E-state index contributed by atoms with van der Waals surface area (Å²) in [5.74, 6) is -0.171. The smallest absolute Gasteiger partial charge is 0.204 e. The third-order valence-corrected chi connectivity index (χ3v) is 9.57. The number of carbonyl (C=O) groups is 1. The van der Waals surface area contributed by atoms with Crippen LogP contribution in [0.4, 0.5) is 4.39 Å². The lowest BCUT2D eigenvalue weighted by Crippen LogP contribution is -2.31. The Balaban J connectivity index is 0.000000345. The van der Waals surface area contributed by atoms with Gasteiger partial charge < -0.3 is 5.73 Å². The van der Waals surface area contributed by atoms with Crippen molar-refractivity contribution in [1.82, 2.24) is 0 Å². The largest absolute Gasteiger partial charge is 0.372 e. The topological polar surface area (TPSA) is 43.1 Å². The van der Waals surface area contributed by atoms with Gasteiger partial charge in [0.25, 0.3) is 0 Å². The summed E-state index contributed by atoms with van der Waals surface area (Å²) in [4.78, 5) is 8.58. The van der Waals surface area contributed by atoms with Gasteiger partial charge in [0.2, 0.25) is 6.41 Å². The second-order valence-electron chi connectivity index (χ2n) is 9.77. The fraction of sp³-hybridized carbons (Fsp3) is 0.344. The molecule has 192 valence electrons. The number of aryl methyl sites for hydroxylation is 1. The number of carbonyl (C=O) groups excluding carboxylic acids is 1. The number of hydrogen-bond donors (Lipinski definition) is 1. The molecule has 1 fully saturated rings. The van der Waals surface area contributed by atoms with Gasteiger partial charge in [-0.3, -0.25) is 4.79 Å². The van der Waals surface area contributed by atoms with Crippen LogP contribution in [0.15, 0.2) is 96.1 Å². The highest BCUT2D eigenvalue weighted by Crippen LogP contribution is 2.57. The van der Waals surface area contributed by atoms with E-state index >= 15 is 0 Å². The van der Waals surface area contributed by atoms with Crippen LogP contribution in [0.5, 0.6) is 0 Å². The van der Waals surface area contributed by atoms with Gasteiger partial charge in [0.1, 0.15) is 5.82 Å². The molecule has 2 nitrogen and oxygen atoms in total. The number of nitrogens with two attached hydrogens (primary N) is 1. The van der Waals surface area contributed by atoms with Gasteiger partial charge in [-0.1, -0.05) is 78.8 Å². The second kappa shape index (κ2) is 14.7. The van der Waals surface area contributed by atoms with Gasteiger partial charge in [-0.15, -0.1) is 14.5 Å². The molecule has 1 aliphatic heterocycles. The minimum absolute atomic E-state index is 0.0684. The first-order chi connectivity index (χ1) is 17.3. The number of primary amides is 1. The molecular formula is C32H41FNOP. The van der Waals surface area contributed by atoms with E-state index < -0.39 is 0 Å². The zero-order valence-corrected chi connectivity index (χ0v) is 23.2. The number of benzene rings is 2. The number of halogens is 1. The lowest BCUT2D eigenvalue weighted by atomic mass is 9.72. The van der Waals surface area contributed by atoms with Gasteiger partial charge in [0.05, 0.1) is 0 Å². The van der Waals surface area contributed by atoms with E-state index in [0.29, 0.717) is 5.41 Å². The molecule has 0 bridgehead atoms. The second-order valence-corrected chi connectivity index (χ2v) is 12.2. The predicted molar refractivity (Wildman–Crippen MR) is 155 cm³/mol. The molecule has 1 heterocycles. The molecule has 2 aliphatic rings. The third kappa shape index (κ3) is 8.71. The van der Waals surface area contributed by atoms with E-state index in [2.05, 4.69) is 75.6 Å². The van der Waals surface area contributed by atoms with Crippen LogP contribution < -0.4 is 5.73 Å². The van der Waals surface area contributed by atoms with Gasteiger partial charge in [0, 0.05) is 0 Å². The summed E-state index contributed by atoms with van der Waals surface area (Å²) < 4.78 is 12.1. The number of amides is 1. The molecule has 2 aromatic carbocycles. The molecule has 36 heavy (non-hydrogen) atoms. The van der Waals surface area contributed by atoms with E-state index in [9.17, 15) is 4.39 Å². The Morgan fingerprint density at radius 2 is 1.75 bits per heavy atom. The van der Waals surface area contributed by atoms with Crippen molar-refractivity contribution in [2.75, 3.05) is 12.3 Å². The van der Waals surface area contributed by atoms with E-state index in [4.69, 9.17) is 4.79 Å². The lowest BCUT2D eigenvalue weighted by molar-refractivity contribution is -0.106. The fourth-order valence-electron chi connectivity index (χ4n) is 4.95. The van der Waals surface area contributed by atoms with Crippen molar-refractivity contribution >= 4 is 14.3 Å². The highest BCUT2D eigenvalue weighted by Gasteiger charge is 2.38. The van der Waals surface area contributed by atoms with E-state index in [-0.39, 0.29) is 20.1 Å². The van der Waals surface area contributed by atoms with E-state index in [0.717, 1.165) is 12.0 Å². The monoisotopic (exact) mass is 505 g/mol. The van der Waals surface area contributed by atoms with Crippen molar-refractivity contribution < 1.29 is 9.18 Å². The van der Waals surface area contributed by atoms with Crippen molar-refractivity contribution in [3.8, 4) is 0 Å². The number of allylic oxidation sites excluding steroid dienone is 7. The summed E-state index contributed by atoms with van der Waals surface area (Å²) in [5.41, 5.74) is 13.4. The van der Waals surface area contributed by atoms with E-state index in [1.54, 1.807) is 23.3 Å². The number of rotatable bonds is 5. The standard InChI is InChI=1S/C24H31P.C7H7F.CH3NO/c1-5-9-20-11-7-8-12-22(20)17-25-14-13-23-15-19(3)21(10-6-2)16-24(23,4)18-25;1-6-2-4-7(8)5-3-6;2-1-3/h5-8,10-12,15H,1,9,13-14,16-18H2,2-4H3;2-5H,1H3;1H,(H2,2,3)/b10-6-;;. The summed E-state index contributed by atoms with van der Waals surface area (Å²) in [6.07, 6.45) is 16.9. The summed E-state index contributed by atoms with van der Waals surface area (Å²) in [7, 11) is 0.0684. The Hall–Kier alpha value is -2.77. The molecule has 2 unspecified atom stereocenters. The average Bonchev–Trinajstić information content (AvgIpc) is 2.84. The van der Waals surface area contributed by atoms with Crippen LogP contribution in [-0.4, -0.2) is 18.7 Å². The molecule has 2 atom stereocenters. The first kappa shape index (κ1) is 29.5. The van der Waals surface area contributed by atoms with E-state index in [1.165, 1.54) is 60.2 Å². The third-order valence-electron chi connectivity index (χ3n) is 6.78. The SMILES string of the molecule is C=CCc1ccccc1CP1CCC2=CC(C)=C(/C=C\C)CC2(C)C1.Cc1ccc(F)cc1.NC=O. The molecule has 0 aromatic heterocycles. The Bertz CT molecular complexity index is 1080. The maximum Gasteiger partial charge on any atom is 0.204 e. The van der Waals surface area contributed by atoms with Crippen molar-refractivity contribution in [1.29, 1.82) is 0 Å². The molecule has 1 aliphatic carbocycles. The molecule has 1 amide bonds. The van der Waals surface area contributed by atoms with Crippen molar-refractivity contribution in [3.05, 3.63) is 119 Å². The molecule has 0 spiro atoms. The van der Waals surface area contributed by atoms with E-state index in [1.807, 2.05) is 13.0 Å². The summed E-state index contributed by atoms with van der Waals surface area (Å²) in [5, 5.41) is 0. The highest BCUT2D eigenvalue weighted by molar-refractivity contribution is 7.57. The van der Waals surface area contributed by atoms with Crippen LogP contribution in [0.25, 0.3) is 0 Å². The molecule has 1 saturated heterocycles. The van der Waals surface area contributed by atoms with Gasteiger partial charge in [0.15, 0.2) is 0 Å². The van der Waals surface area contributed by atoms with Crippen LogP contribution in [-0.2, 0) is 17.4 Å². The molecular weight excluding hydrogens is 464 g/mol. The Kier molecular flexibility index (Phi) is 12.0. The zero-order chi connectivity index (χ0) is 26.6. The van der Waals surface area contributed by atoms with Gasteiger partial charge in [-0.2, -0.15) is 0 Å². The van der Waals surface area contributed by atoms with Gasteiger partial charge in [-0.25, -0.2) is 4.39 Å². The predicted octanol–water partition coefficient (Wildman–Crippen LogP) is 8.27. The van der Waals surface area contributed by atoms with Crippen LogP contribution >= 0.6 is 7.92 Å². The summed E-state index contributed by atoms with van der Waals surface area (Å²) in [6, 6.07) is 15.4. The fourth-order valence-corrected chi connectivity index (χ4v) is 8.03. The Morgan fingerprint density at radius 1 is 1.11 bits per heavy atom. The maximum atomic E-state index is 12.1. The number of hydrogen-bond acceptors (Lipinski definition) is 1. The first-order valence-electron chi connectivity index (χ1n) is 12.6. The molecule has 2 N–H and O–H groups in total. The van der Waals surface area contributed by atoms with Crippen LogP contribution in [0.3, 0.4) is 0 Å². The molecule has 4 rings (SSSR count). The molecule has 4 heteroatoms. The molecule has 2 aromatic rings. The molecule has 0 saturated carbocycles. The quantitative estimate of drug-likeness (QED) is 0.248. The van der Waals surface area contributed by atoms with Crippen molar-refractivity contribution in [2.24, 2.45) is 11.1 Å². The Morgan fingerprint density at radius 3 is 2.33 bits per heavy atom. The summed E-state index contributed by atoms with van der Waals surface area (Å²) >= 11 is 0. The Labute approximate surface area is 218 Å². The highest BCUT2D eigenvalue weighted by atomic mass is 31.1. The molecule has 0 radical (unpaired) electrons. The summed E-state index contributed by atoms with van der Waals surface area (Å²) in [6.45, 7) is 12.8. The van der Waals surface area contributed by atoms with Crippen molar-refractivity contribution in [2.45, 2.75) is 53.1 Å². The van der Waals surface area contributed by atoms with Crippen LogP contribution in [0.1, 0.15) is 50.3 Å². The number of fused-ring (bicyclic) bond motifs is 1. The van der Waals surface area contributed by atoms with Gasteiger partial charge >= 0.3 is 0 Å². The maximum absolute atomic E-state index is 12.1. The normalized spacial score (nSPS) is 20.8.